The lowest BCUT2D eigenvalue weighted by atomic mass is 9.65. The van der Waals surface area contributed by atoms with Gasteiger partial charge in [0.25, 0.3) is 0 Å². The van der Waals surface area contributed by atoms with Crippen molar-refractivity contribution < 1.29 is 13.2 Å². The third-order valence-electron chi connectivity index (χ3n) is 7.50. The van der Waals surface area contributed by atoms with Gasteiger partial charge in [0.05, 0.1) is 0 Å². The zero-order chi connectivity index (χ0) is 18.3. The van der Waals surface area contributed by atoms with E-state index in [4.69, 9.17) is 0 Å². The second-order valence-corrected chi connectivity index (χ2v) is 8.79. The molecule has 0 bridgehead atoms. The molecule has 0 N–H and O–H groups in total. The van der Waals surface area contributed by atoms with Crippen LogP contribution < -0.4 is 0 Å². The molecular weight excluding hydrogens is 333 g/mol. The summed E-state index contributed by atoms with van der Waals surface area (Å²) in [6, 6.07) is 1.17. The Kier molecular flexibility index (Phi) is 5.16. The van der Waals surface area contributed by atoms with Crippen molar-refractivity contribution in [2.45, 2.75) is 71.1 Å². The van der Waals surface area contributed by atoms with E-state index in [2.05, 4.69) is 6.08 Å². The summed E-state index contributed by atoms with van der Waals surface area (Å²) < 4.78 is 40.9. The van der Waals surface area contributed by atoms with Crippen LogP contribution in [0.25, 0.3) is 5.57 Å². The molecular formula is C23H29F3. The molecule has 0 saturated heterocycles. The number of halogens is 3. The van der Waals surface area contributed by atoms with Crippen LogP contribution in [0.5, 0.6) is 0 Å². The van der Waals surface area contributed by atoms with Gasteiger partial charge in [0, 0.05) is 0 Å². The number of allylic oxidation sites excluding steroid dienone is 2. The van der Waals surface area contributed by atoms with E-state index in [0.29, 0.717) is 11.5 Å². The van der Waals surface area contributed by atoms with Crippen LogP contribution in [0.2, 0.25) is 0 Å². The molecule has 1 aromatic rings. The first-order valence-electron chi connectivity index (χ1n) is 10.4. The van der Waals surface area contributed by atoms with Crippen LogP contribution in [-0.4, -0.2) is 0 Å². The van der Waals surface area contributed by atoms with E-state index in [0.717, 1.165) is 42.6 Å². The largest absolute Gasteiger partial charge is 0.204 e. The molecule has 2 fully saturated rings. The molecule has 0 aliphatic heterocycles. The highest BCUT2D eigenvalue weighted by Gasteiger charge is 2.34. The summed E-state index contributed by atoms with van der Waals surface area (Å²) in [5.41, 5.74) is 1.77. The molecule has 1 aromatic carbocycles. The van der Waals surface area contributed by atoms with E-state index in [9.17, 15) is 13.2 Å². The Labute approximate surface area is 154 Å². The van der Waals surface area contributed by atoms with Crippen LogP contribution >= 0.6 is 0 Å². The van der Waals surface area contributed by atoms with Gasteiger partial charge in [0.15, 0.2) is 17.5 Å². The fourth-order valence-electron chi connectivity index (χ4n) is 5.55. The average molecular weight is 362 g/mol. The van der Waals surface area contributed by atoms with Gasteiger partial charge in [-0.1, -0.05) is 25.3 Å². The minimum absolute atomic E-state index is 0.231. The van der Waals surface area contributed by atoms with E-state index in [1.807, 2.05) is 0 Å². The lowest BCUT2D eigenvalue weighted by Crippen LogP contribution is -2.29. The van der Waals surface area contributed by atoms with Gasteiger partial charge in [-0.25, -0.2) is 13.2 Å². The Morgan fingerprint density at radius 1 is 0.769 bits per heavy atom. The second-order valence-electron chi connectivity index (χ2n) is 8.79. The summed E-state index contributed by atoms with van der Waals surface area (Å²) in [5, 5.41) is 0. The van der Waals surface area contributed by atoms with E-state index in [1.54, 1.807) is 6.92 Å². The van der Waals surface area contributed by atoms with Gasteiger partial charge in [-0.2, -0.15) is 0 Å². The molecule has 0 radical (unpaired) electrons. The van der Waals surface area contributed by atoms with Crippen molar-refractivity contribution in [3.8, 4) is 0 Å². The molecule has 1 atom stereocenters. The summed E-state index contributed by atoms with van der Waals surface area (Å²) in [7, 11) is 0. The maximum atomic E-state index is 13.9. The van der Waals surface area contributed by atoms with E-state index < -0.39 is 17.5 Å². The van der Waals surface area contributed by atoms with Gasteiger partial charge in [-0.15, -0.1) is 0 Å². The van der Waals surface area contributed by atoms with Gasteiger partial charge in [-0.05, 0) is 98.3 Å². The summed E-state index contributed by atoms with van der Waals surface area (Å²) in [6.07, 6.45) is 14.9. The lowest BCUT2D eigenvalue weighted by molar-refractivity contribution is 0.115. The molecule has 142 valence electrons. The Bertz CT molecular complexity index is 694. The Balaban J connectivity index is 1.40. The minimum Gasteiger partial charge on any atom is -0.204 e. The summed E-state index contributed by atoms with van der Waals surface area (Å²) >= 11 is 0. The van der Waals surface area contributed by atoms with Crippen molar-refractivity contribution in [3.05, 3.63) is 40.7 Å². The molecule has 26 heavy (non-hydrogen) atoms. The van der Waals surface area contributed by atoms with Gasteiger partial charge in [0.1, 0.15) is 0 Å². The number of hydrogen-bond acceptors (Lipinski definition) is 0. The smallest absolute Gasteiger partial charge is 0.194 e. The monoisotopic (exact) mass is 362 g/mol. The fraction of sp³-hybridized carbons (Fsp3) is 0.652. The van der Waals surface area contributed by atoms with Gasteiger partial charge in [0.2, 0.25) is 0 Å². The molecule has 0 aromatic heterocycles. The quantitative estimate of drug-likeness (QED) is 0.499. The van der Waals surface area contributed by atoms with E-state index in [-0.39, 0.29) is 5.56 Å². The zero-order valence-electron chi connectivity index (χ0n) is 15.7. The van der Waals surface area contributed by atoms with Crippen LogP contribution in [0.3, 0.4) is 0 Å². The SMILES string of the molecule is Cc1c(C2=CCC(C3CCC(C4CCC4)CC3)CC2)cc(F)c(F)c1F. The maximum absolute atomic E-state index is 13.9. The van der Waals surface area contributed by atoms with Crippen LogP contribution in [0.1, 0.15) is 75.3 Å². The number of hydrogen-bond donors (Lipinski definition) is 0. The average Bonchev–Trinajstić information content (AvgIpc) is 2.62. The van der Waals surface area contributed by atoms with Crippen molar-refractivity contribution in [3.63, 3.8) is 0 Å². The van der Waals surface area contributed by atoms with Crippen LogP contribution in [0, 0.1) is 48.0 Å². The molecule has 0 spiro atoms. The first-order valence-corrected chi connectivity index (χ1v) is 10.4. The van der Waals surface area contributed by atoms with Gasteiger partial charge < -0.3 is 0 Å². The van der Waals surface area contributed by atoms with Crippen molar-refractivity contribution in [2.75, 3.05) is 0 Å². The van der Waals surface area contributed by atoms with Crippen LogP contribution in [-0.2, 0) is 0 Å². The highest BCUT2D eigenvalue weighted by Crippen LogP contribution is 2.46. The Hall–Kier alpha value is -1.25. The maximum Gasteiger partial charge on any atom is 0.194 e. The fourth-order valence-corrected chi connectivity index (χ4v) is 5.55. The Morgan fingerprint density at radius 2 is 1.38 bits per heavy atom. The molecule has 3 aliphatic rings. The zero-order valence-corrected chi connectivity index (χ0v) is 15.7. The highest BCUT2D eigenvalue weighted by atomic mass is 19.2. The standard InChI is InChI=1S/C23H29F3/c1-14-20(13-21(24)23(26)22(14)25)19-11-9-18(10-12-19)17-7-5-16(6-8-17)15-3-2-4-15/h11,13,15-18H,2-10,12H2,1H3. The molecule has 3 heteroatoms. The van der Waals surface area contributed by atoms with Crippen LogP contribution in [0.4, 0.5) is 13.2 Å². The third kappa shape index (κ3) is 3.34. The van der Waals surface area contributed by atoms with Gasteiger partial charge in [-0.3, -0.25) is 0 Å². The predicted octanol–water partition coefficient (Wildman–Crippen LogP) is 7.20. The number of rotatable bonds is 3. The summed E-state index contributed by atoms with van der Waals surface area (Å²) in [6.45, 7) is 1.54. The van der Waals surface area contributed by atoms with Crippen molar-refractivity contribution in [2.24, 2.45) is 23.7 Å². The second kappa shape index (κ2) is 7.40. The van der Waals surface area contributed by atoms with E-state index >= 15 is 0 Å². The Morgan fingerprint density at radius 3 is 1.92 bits per heavy atom. The van der Waals surface area contributed by atoms with Crippen LogP contribution in [0.15, 0.2) is 12.1 Å². The van der Waals surface area contributed by atoms with Crippen molar-refractivity contribution >= 4 is 5.57 Å². The molecule has 0 amide bonds. The molecule has 3 aliphatic carbocycles. The molecule has 1 unspecified atom stereocenters. The summed E-state index contributed by atoms with van der Waals surface area (Å²) in [4.78, 5) is 0. The molecule has 0 heterocycles. The molecule has 0 nitrogen and oxygen atoms in total. The van der Waals surface area contributed by atoms with Crippen molar-refractivity contribution in [1.82, 2.24) is 0 Å². The first kappa shape index (κ1) is 18.1. The normalized spacial score (nSPS) is 30.0. The third-order valence-corrected chi connectivity index (χ3v) is 7.50. The topological polar surface area (TPSA) is 0 Å². The first-order chi connectivity index (χ1) is 12.5. The predicted molar refractivity (Wildman–Crippen MR) is 99.2 cm³/mol. The minimum atomic E-state index is -1.36. The van der Waals surface area contributed by atoms with Gasteiger partial charge >= 0.3 is 0 Å². The van der Waals surface area contributed by atoms with Crippen molar-refractivity contribution in [1.29, 1.82) is 0 Å². The molecule has 4 rings (SSSR count). The molecule has 2 saturated carbocycles. The number of benzene rings is 1. The summed E-state index contributed by atoms with van der Waals surface area (Å²) in [5.74, 6) is 0.0209. The lowest BCUT2D eigenvalue weighted by Gasteiger charge is -2.41. The highest BCUT2D eigenvalue weighted by molar-refractivity contribution is 5.69. The van der Waals surface area contributed by atoms with E-state index in [1.165, 1.54) is 51.0 Å².